The van der Waals surface area contributed by atoms with E-state index >= 15 is 0 Å². The minimum Gasteiger partial charge on any atom is -0.490 e. The molecule has 3 aromatic carbocycles. The van der Waals surface area contributed by atoms with Crippen LogP contribution in [0, 0.1) is 19.7 Å². The highest BCUT2D eigenvalue weighted by molar-refractivity contribution is 7.22. The summed E-state index contributed by atoms with van der Waals surface area (Å²) in [6.07, 6.45) is 5.02. The smallest absolute Gasteiger partial charge is 0.348 e. The van der Waals surface area contributed by atoms with Gasteiger partial charge in [0.15, 0.2) is 5.75 Å². The normalized spacial score (nSPS) is 18.8. The highest BCUT2D eigenvalue weighted by Gasteiger charge is 2.34. The van der Waals surface area contributed by atoms with Gasteiger partial charge in [-0.2, -0.15) is 0 Å². The lowest BCUT2D eigenvalue weighted by atomic mass is 9.87. The summed E-state index contributed by atoms with van der Waals surface area (Å²) in [5.41, 5.74) is 3.84. The largest absolute Gasteiger partial charge is 0.490 e. The monoisotopic (exact) mass is 1230 g/mol. The van der Waals surface area contributed by atoms with Gasteiger partial charge in [-0.1, -0.05) is 35.3 Å². The van der Waals surface area contributed by atoms with Crippen LogP contribution in [0.1, 0.15) is 80.6 Å². The summed E-state index contributed by atoms with van der Waals surface area (Å²) in [4.78, 5) is 39.9. The lowest BCUT2D eigenvalue weighted by molar-refractivity contribution is -0.163. The minimum absolute atomic E-state index is 0.0210. The van der Waals surface area contributed by atoms with E-state index in [-0.39, 0.29) is 43.4 Å². The molecule has 0 radical (unpaired) electrons. The predicted octanol–water partition coefficient (Wildman–Crippen LogP) is 10.9. The molecule has 460 valence electrons. The summed E-state index contributed by atoms with van der Waals surface area (Å²) in [6, 6.07) is 13.6. The van der Waals surface area contributed by atoms with Crippen molar-refractivity contribution in [2.24, 2.45) is 0 Å². The van der Waals surface area contributed by atoms with Crippen molar-refractivity contribution in [1.82, 2.24) is 29.7 Å². The molecule has 85 heavy (non-hydrogen) atoms. The summed E-state index contributed by atoms with van der Waals surface area (Å²) in [6.45, 7) is 18.6. The Hall–Kier alpha value is -5.36. The highest BCUT2D eigenvalue weighted by atomic mass is 35.5. The maximum atomic E-state index is 14.7. The highest BCUT2D eigenvalue weighted by Crippen LogP contribution is 2.53. The van der Waals surface area contributed by atoms with Crippen molar-refractivity contribution in [2.75, 3.05) is 120 Å². The van der Waals surface area contributed by atoms with E-state index in [9.17, 15) is 9.18 Å². The molecule has 1 saturated carbocycles. The number of carbonyl (C=O) groups excluding carboxylic acids is 1. The molecule has 0 N–H and O–H groups in total. The van der Waals surface area contributed by atoms with Crippen LogP contribution in [0.2, 0.25) is 10.0 Å². The van der Waals surface area contributed by atoms with Crippen molar-refractivity contribution in [1.29, 1.82) is 0 Å². The van der Waals surface area contributed by atoms with Crippen molar-refractivity contribution in [2.45, 2.75) is 103 Å². The molecule has 3 aliphatic heterocycles. The molecule has 18 nitrogen and oxygen atoms in total. The Morgan fingerprint density at radius 1 is 0.788 bits per heavy atom. The van der Waals surface area contributed by atoms with Gasteiger partial charge in [-0.05, 0) is 126 Å². The van der Waals surface area contributed by atoms with Crippen molar-refractivity contribution in [3.8, 4) is 44.7 Å². The fraction of sp³-hybridized carbons (Fsp3) is 0.540. The Labute approximate surface area is 511 Å². The SMILES string of the molecule is COCCOCCOCCOCCOCCOC1CCC(c2nccc(COc3ccc4cc3C[C@H](C(=O)OC(C)(C)C)Oc3ncnc5sc(-c6ccc(F)cc6)c(c35)-c3c(C)c(Cl)c(c(Cl)c3C)O[C@H](CN3CCN(C)CC3)CO4)n2)CC1. The number of thiophene rings is 1. The fourth-order valence-electron chi connectivity index (χ4n) is 10.6. The zero-order valence-corrected chi connectivity index (χ0v) is 52.1. The Bertz CT molecular complexity index is 3110. The van der Waals surface area contributed by atoms with Crippen molar-refractivity contribution < 1.29 is 61.3 Å². The second kappa shape index (κ2) is 31.0. The molecule has 4 aliphatic rings. The quantitative estimate of drug-likeness (QED) is 0.0413. The first-order valence-electron chi connectivity index (χ1n) is 29.2. The maximum Gasteiger partial charge on any atom is 0.348 e. The molecule has 6 aromatic rings. The number of carbonyl (C=O) groups is 1. The van der Waals surface area contributed by atoms with Crippen molar-refractivity contribution >= 4 is 50.7 Å². The molecule has 1 aliphatic carbocycles. The Kier molecular flexibility index (Phi) is 23.4. The van der Waals surface area contributed by atoms with Gasteiger partial charge in [-0.25, -0.2) is 29.1 Å². The van der Waals surface area contributed by atoms with Crippen molar-refractivity contribution in [3.05, 3.63) is 105 Å². The van der Waals surface area contributed by atoms with Gasteiger partial charge in [0.25, 0.3) is 0 Å². The number of likely N-dealkylation sites (N-methyl/N-ethyl adjacent to an activating group) is 1. The van der Waals surface area contributed by atoms with Crippen LogP contribution in [0.25, 0.3) is 31.8 Å². The number of rotatable bonds is 24. The van der Waals surface area contributed by atoms with Crippen LogP contribution in [0.15, 0.2) is 61.1 Å². The summed E-state index contributed by atoms with van der Waals surface area (Å²) >= 11 is 16.3. The number of benzene rings is 3. The molecular formula is C63H79Cl2FN6O12S. The topological polar surface area (TPSA) is 177 Å². The number of ether oxygens (including phenoxy) is 11. The number of nitrogens with zero attached hydrogens (tertiary/aromatic N) is 6. The van der Waals surface area contributed by atoms with Gasteiger partial charge < -0.3 is 57.0 Å². The van der Waals surface area contributed by atoms with E-state index in [2.05, 4.69) is 16.8 Å². The van der Waals surface area contributed by atoms with Gasteiger partial charge in [0, 0.05) is 74.4 Å². The van der Waals surface area contributed by atoms with Crippen LogP contribution in [0.3, 0.4) is 0 Å². The minimum atomic E-state index is -1.27. The maximum absolute atomic E-state index is 14.7. The van der Waals surface area contributed by atoms with Crippen LogP contribution >= 0.6 is 34.5 Å². The van der Waals surface area contributed by atoms with Gasteiger partial charge in [-0.3, -0.25) is 4.90 Å². The number of hydrogen-bond donors (Lipinski definition) is 0. The molecule has 0 amide bonds. The predicted molar refractivity (Wildman–Crippen MR) is 324 cm³/mol. The summed E-state index contributed by atoms with van der Waals surface area (Å²) in [5, 5.41) is 1.14. The summed E-state index contributed by atoms with van der Waals surface area (Å²) in [5.74, 6) is 1.35. The lowest BCUT2D eigenvalue weighted by Crippen LogP contribution is -2.49. The van der Waals surface area contributed by atoms with E-state index in [1.165, 1.54) is 29.8 Å². The van der Waals surface area contributed by atoms with Gasteiger partial charge in [0.1, 0.15) is 59.2 Å². The molecule has 10 rings (SSSR count). The van der Waals surface area contributed by atoms with Crippen LogP contribution < -0.4 is 18.9 Å². The second-order valence-electron chi connectivity index (χ2n) is 22.5. The third-order valence-electron chi connectivity index (χ3n) is 15.0. The van der Waals surface area contributed by atoms with Gasteiger partial charge in [0.05, 0.1) is 93.3 Å². The van der Waals surface area contributed by atoms with Crippen LogP contribution in [-0.2, 0) is 51.0 Å². The third-order valence-corrected chi connectivity index (χ3v) is 17.1. The van der Waals surface area contributed by atoms with Gasteiger partial charge >= 0.3 is 5.97 Å². The average molecular weight is 1230 g/mol. The molecule has 2 atom stereocenters. The average Bonchev–Trinajstić information content (AvgIpc) is 2.00. The number of hydrogen-bond acceptors (Lipinski definition) is 19. The molecule has 2 fully saturated rings. The van der Waals surface area contributed by atoms with Crippen molar-refractivity contribution in [3.63, 3.8) is 0 Å². The van der Waals surface area contributed by atoms with Gasteiger partial charge in [0.2, 0.25) is 12.0 Å². The number of methoxy groups -OCH3 is 1. The molecular weight excluding hydrogens is 1150 g/mol. The van der Waals surface area contributed by atoms with E-state index in [0.29, 0.717) is 149 Å². The fourth-order valence-corrected chi connectivity index (χ4v) is 12.2. The van der Waals surface area contributed by atoms with Gasteiger partial charge in [-0.15, -0.1) is 11.3 Å². The summed E-state index contributed by atoms with van der Waals surface area (Å²) < 4.78 is 81.3. The molecule has 0 unspecified atom stereocenters. The Morgan fingerprint density at radius 2 is 1.45 bits per heavy atom. The molecule has 3 aromatic heterocycles. The number of fused-ring (bicyclic) bond motifs is 7. The number of aromatic nitrogens is 4. The van der Waals surface area contributed by atoms with E-state index in [0.717, 1.165) is 62.6 Å². The Balaban J connectivity index is 0.941. The molecule has 4 bridgehead atoms. The van der Waals surface area contributed by atoms with E-state index < -0.39 is 23.8 Å². The van der Waals surface area contributed by atoms with E-state index in [1.54, 1.807) is 46.2 Å². The standard InChI is InChI=1S/C63H79Cl2FN6O12S/c1-40-52-41(2)56(65)57(55(40)64)82-49(36-72-22-20-71(6)21-23-72)38-80-48-16-17-50(44(34-48)35-51(62(73)84-63(3,4)5)83-60-54-53(52)58(85-61(54)69-39-68-60)42-8-12-45(66)13-9-42)81-37-46-18-19-67-59(70-46)43-10-14-47(15-11-43)79-33-32-78-31-30-77-29-28-76-27-26-75-25-24-74-7/h8-9,12-13,16-19,34,39,43,47,49,51H,10-11,14-15,20-33,35-38H2,1-7H3/t43?,47?,49-,51-/m1/s1. The zero-order chi connectivity index (χ0) is 59.9. The van der Waals surface area contributed by atoms with Crippen LogP contribution in [0.4, 0.5) is 4.39 Å². The second-order valence-corrected chi connectivity index (χ2v) is 24.3. The van der Waals surface area contributed by atoms with E-state index in [4.69, 9.17) is 95.2 Å². The molecule has 1 saturated heterocycles. The molecule has 6 heterocycles. The number of esters is 1. The molecule has 22 heteroatoms. The lowest BCUT2D eigenvalue weighted by Gasteiger charge is -2.35. The third kappa shape index (κ3) is 17.7. The first kappa shape index (κ1) is 64.1. The zero-order valence-electron chi connectivity index (χ0n) is 49.8. The van der Waals surface area contributed by atoms with E-state index in [1.807, 2.05) is 38.1 Å². The summed E-state index contributed by atoms with van der Waals surface area (Å²) in [7, 11) is 3.76. The number of piperazine rings is 1. The van der Waals surface area contributed by atoms with Crippen LogP contribution in [0.5, 0.6) is 23.1 Å². The number of halogens is 3. The molecule has 0 spiro atoms. The Morgan fingerprint density at radius 3 is 2.11 bits per heavy atom. The first-order chi connectivity index (χ1) is 41.1. The van der Waals surface area contributed by atoms with Crippen LogP contribution in [-0.4, -0.2) is 179 Å². The first-order valence-corrected chi connectivity index (χ1v) is 30.8.